The molecule has 0 saturated heterocycles. The summed E-state index contributed by atoms with van der Waals surface area (Å²) in [7, 11) is 3.79. The van der Waals surface area contributed by atoms with Gasteiger partial charge in [-0.2, -0.15) is 15.0 Å². The molecule has 1 aliphatic heterocycles. The van der Waals surface area contributed by atoms with Gasteiger partial charge in [-0.3, -0.25) is 4.90 Å². The Morgan fingerprint density at radius 1 is 1.13 bits per heavy atom. The van der Waals surface area contributed by atoms with E-state index in [2.05, 4.69) is 50.2 Å². The Morgan fingerprint density at radius 2 is 1.91 bits per heavy atom. The van der Waals surface area contributed by atoms with Crippen molar-refractivity contribution in [2.75, 3.05) is 37.8 Å². The highest BCUT2D eigenvalue weighted by Gasteiger charge is 2.15. The topological polar surface area (TPSA) is 71.2 Å². The number of nitrogens with zero attached hydrogens (tertiary/aromatic N) is 5. The minimum Gasteiger partial charge on any atom is -0.368 e. The molecule has 1 aromatic heterocycles. The molecule has 0 fully saturated rings. The van der Waals surface area contributed by atoms with Crippen LogP contribution in [0.2, 0.25) is 0 Å². The van der Waals surface area contributed by atoms with Crippen LogP contribution in [0.4, 0.5) is 11.9 Å². The minimum absolute atomic E-state index is 0.274. The number of nitrogen functional groups attached to an aromatic ring is 1. The van der Waals surface area contributed by atoms with E-state index in [1.165, 1.54) is 11.1 Å². The van der Waals surface area contributed by atoms with Crippen molar-refractivity contribution in [3.8, 4) is 0 Å². The molecule has 1 aromatic carbocycles. The van der Waals surface area contributed by atoms with Crippen molar-refractivity contribution in [1.82, 2.24) is 19.9 Å². The summed E-state index contributed by atoms with van der Waals surface area (Å²) in [5, 5.41) is 0. The first-order valence-corrected chi connectivity index (χ1v) is 7.76. The van der Waals surface area contributed by atoms with Gasteiger partial charge in [0, 0.05) is 27.2 Å². The molecule has 2 aromatic rings. The third-order valence-electron chi connectivity index (χ3n) is 3.89. The maximum atomic E-state index is 5.78. The SMILES string of the molecule is CN(C)c1nc(N)nc(CN2CC=C(c3ccccc3)CC2)n1. The lowest BCUT2D eigenvalue weighted by molar-refractivity contribution is 0.286. The van der Waals surface area contributed by atoms with Crippen molar-refractivity contribution in [2.45, 2.75) is 13.0 Å². The zero-order valence-electron chi connectivity index (χ0n) is 13.6. The van der Waals surface area contributed by atoms with E-state index in [0.29, 0.717) is 12.5 Å². The molecule has 0 amide bonds. The standard InChI is InChI=1S/C17H22N6/c1-22(2)17-20-15(19-16(18)21-17)12-23-10-8-14(9-11-23)13-6-4-3-5-7-13/h3-8H,9-12H2,1-2H3,(H2,18,19,20,21). The molecule has 0 atom stereocenters. The van der Waals surface area contributed by atoms with Crippen LogP contribution in [0.3, 0.4) is 0 Å². The van der Waals surface area contributed by atoms with Gasteiger partial charge in [-0.25, -0.2) is 0 Å². The maximum absolute atomic E-state index is 5.78. The summed E-state index contributed by atoms with van der Waals surface area (Å²) in [5.74, 6) is 1.60. The van der Waals surface area contributed by atoms with E-state index in [4.69, 9.17) is 5.73 Å². The first-order valence-electron chi connectivity index (χ1n) is 7.76. The van der Waals surface area contributed by atoms with Crippen LogP contribution in [0.1, 0.15) is 17.8 Å². The highest BCUT2D eigenvalue weighted by atomic mass is 15.3. The van der Waals surface area contributed by atoms with E-state index < -0.39 is 0 Å². The van der Waals surface area contributed by atoms with Gasteiger partial charge in [0.05, 0.1) is 6.54 Å². The lowest BCUT2D eigenvalue weighted by Gasteiger charge is -2.26. The average molecular weight is 310 g/mol. The predicted molar refractivity (Wildman–Crippen MR) is 92.9 cm³/mol. The third-order valence-corrected chi connectivity index (χ3v) is 3.89. The Labute approximate surface area is 136 Å². The summed E-state index contributed by atoms with van der Waals surface area (Å²) in [4.78, 5) is 17.0. The molecule has 0 unspecified atom stereocenters. The van der Waals surface area contributed by atoms with E-state index in [0.717, 1.165) is 25.3 Å². The fourth-order valence-electron chi connectivity index (χ4n) is 2.67. The Morgan fingerprint density at radius 3 is 2.57 bits per heavy atom. The Bertz CT molecular complexity index is 695. The molecule has 1 aliphatic rings. The van der Waals surface area contributed by atoms with E-state index >= 15 is 0 Å². The van der Waals surface area contributed by atoms with Crippen LogP contribution >= 0.6 is 0 Å². The quantitative estimate of drug-likeness (QED) is 0.928. The van der Waals surface area contributed by atoms with Crippen molar-refractivity contribution < 1.29 is 0 Å². The lowest BCUT2D eigenvalue weighted by Crippen LogP contribution is -2.29. The third kappa shape index (κ3) is 3.84. The van der Waals surface area contributed by atoms with Gasteiger partial charge in [0.15, 0.2) is 0 Å². The fraction of sp³-hybridized carbons (Fsp3) is 0.353. The van der Waals surface area contributed by atoms with Gasteiger partial charge >= 0.3 is 0 Å². The highest BCUT2D eigenvalue weighted by Crippen LogP contribution is 2.22. The number of aromatic nitrogens is 3. The molecule has 0 saturated carbocycles. The fourth-order valence-corrected chi connectivity index (χ4v) is 2.67. The molecule has 2 heterocycles. The van der Waals surface area contributed by atoms with Crippen LogP contribution in [0, 0.1) is 0 Å². The second-order valence-electron chi connectivity index (χ2n) is 5.88. The molecule has 6 heteroatoms. The number of anilines is 2. The number of rotatable bonds is 4. The highest BCUT2D eigenvalue weighted by molar-refractivity contribution is 5.66. The van der Waals surface area contributed by atoms with E-state index in [1.54, 1.807) is 0 Å². The number of hydrogen-bond acceptors (Lipinski definition) is 6. The summed E-state index contributed by atoms with van der Waals surface area (Å²) in [6.07, 6.45) is 3.32. The molecule has 0 spiro atoms. The molecule has 23 heavy (non-hydrogen) atoms. The van der Waals surface area contributed by atoms with Crippen LogP contribution in [0.25, 0.3) is 5.57 Å². The van der Waals surface area contributed by atoms with Crippen molar-refractivity contribution in [3.05, 3.63) is 47.8 Å². The molecule has 6 nitrogen and oxygen atoms in total. The summed E-state index contributed by atoms with van der Waals surface area (Å²) >= 11 is 0. The normalized spacial score (nSPS) is 15.3. The van der Waals surface area contributed by atoms with E-state index in [-0.39, 0.29) is 5.95 Å². The molecular formula is C17H22N6. The summed E-state index contributed by atoms with van der Waals surface area (Å²) < 4.78 is 0. The largest absolute Gasteiger partial charge is 0.368 e. The monoisotopic (exact) mass is 310 g/mol. The molecular weight excluding hydrogens is 288 g/mol. The Balaban J connectivity index is 1.68. The van der Waals surface area contributed by atoms with Crippen molar-refractivity contribution >= 4 is 17.5 Å². The van der Waals surface area contributed by atoms with E-state index in [9.17, 15) is 0 Å². The van der Waals surface area contributed by atoms with Crippen molar-refractivity contribution in [1.29, 1.82) is 0 Å². The van der Waals surface area contributed by atoms with Gasteiger partial charge < -0.3 is 10.6 Å². The molecule has 0 aliphatic carbocycles. The van der Waals surface area contributed by atoms with Crippen LogP contribution in [0.15, 0.2) is 36.4 Å². The van der Waals surface area contributed by atoms with Crippen molar-refractivity contribution in [2.24, 2.45) is 0 Å². The second-order valence-corrected chi connectivity index (χ2v) is 5.88. The molecule has 0 bridgehead atoms. The molecule has 120 valence electrons. The zero-order chi connectivity index (χ0) is 16.2. The maximum Gasteiger partial charge on any atom is 0.229 e. The number of hydrogen-bond donors (Lipinski definition) is 1. The number of benzene rings is 1. The molecule has 2 N–H and O–H groups in total. The number of nitrogens with two attached hydrogens (primary N) is 1. The minimum atomic E-state index is 0.274. The van der Waals surface area contributed by atoms with Crippen LogP contribution in [-0.4, -0.2) is 47.0 Å². The summed E-state index contributed by atoms with van der Waals surface area (Å²) in [6.45, 7) is 2.57. The lowest BCUT2D eigenvalue weighted by atomic mass is 10.00. The van der Waals surface area contributed by atoms with Gasteiger partial charge in [0.2, 0.25) is 11.9 Å². The van der Waals surface area contributed by atoms with E-state index in [1.807, 2.05) is 25.1 Å². The van der Waals surface area contributed by atoms with Crippen LogP contribution in [-0.2, 0) is 6.54 Å². The smallest absolute Gasteiger partial charge is 0.229 e. The summed E-state index contributed by atoms with van der Waals surface area (Å²) in [5.41, 5.74) is 8.50. The second kappa shape index (κ2) is 6.75. The van der Waals surface area contributed by atoms with Gasteiger partial charge in [0.1, 0.15) is 5.82 Å². The average Bonchev–Trinajstić information content (AvgIpc) is 2.56. The Kier molecular flexibility index (Phi) is 4.52. The Hall–Kier alpha value is -2.47. The van der Waals surface area contributed by atoms with Gasteiger partial charge in [-0.15, -0.1) is 0 Å². The van der Waals surface area contributed by atoms with Gasteiger partial charge in [-0.05, 0) is 17.6 Å². The molecule has 0 radical (unpaired) electrons. The zero-order valence-corrected chi connectivity index (χ0v) is 13.6. The van der Waals surface area contributed by atoms with Crippen LogP contribution < -0.4 is 10.6 Å². The predicted octanol–water partition coefficient (Wildman–Crippen LogP) is 1.81. The van der Waals surface area contributed by atoms with Crippen LogP contribution in [0.5, 0.6) is 0 Å². The van der Waals surface area contributed by atoms with Crippen molar-refractivity contribution in [3.63, 3.8) is 0 Å². The first kappa shape index (κ1) is 15.4. The first-order chi connectivity index (χ1) is 11.1. The molecule has 3 rings (SSSR count). The van der Waals surface area contributed by atoms with Gasteiger partial charge in [-0.1, -0.05) is 36.4 Å². The van der Waals surface area contributed by atoms with Gasteiger partial charge in [0.25, 0.3) is 0 Å². The summed E-state index contributed by atoms with van der Waals surface area (Å²) in [6, 6.07) is 10.5.